The maximum atomic E-state index is 13.9. The SMILES string of the molecule is CCN(CC)C(=O)c1cnc(Nc2cccc(F)c2C)c2cccc(C)c12. The lowest BCUT2D eigenvalue weighted by Crippen LogP contribution is -2.30. The van der Waals surface area contributed by atoms with Gasteiger partial charge in [-0.15, -0.1) is 0 Å². The molecule has 1 amide bonds. The number of carbonyl (C=O) groups is 1. The number of hydrogen-bond donors (Lipinski definition) is 1. The number of aromatic nitrogens is 1. The van der Waals surface area contributed by atoms with Crippen LogP contribution in [0.1, 0.15) is 35.3 Å². The number of anilines is 2. The number of aryl methyl sites for hydroxylation is 1. The zero-order valence-corrected chi connectivity index (χ0v) is 16.1. The van der Waals surface area contributed by atoms with Crippen molar-refractivity contribution in [2.45, 2.75) is 27.7 Å². The second-order valence-electron chi connectivity index (χ2n) is 6.53. The molecule has 0 saturated carbocycles. The number of nitrogens with zero attached hydrogens (tertiary/aromatic N) is 2. The second kappa shape index (κ2) is 7.74. The number of fused-ring (bicyclic) bond motifs is 1. The molecule has 0 aliphatic rings. The number of benzene rings is 2. The van der Waals surface area contributed by atoms with Gasteiger partial charge in [-0.05, 0) is 45.4 Å². The van der Waals surface area contributed by atoms with Crippen molar-refractivity contribution in [3.05, 3.63) is 65.1 Å². The lowest BCUT2D eigenvalue weighted by Gasteiger charge is -2.21. The monoisotopic (exact) mass is 365 g/mol. The Balaban J connectivity index is 2.15. The summed E-state index contributed by atoms with van der Waals surface area (Å²) in [4.78, 5) is 19.2. The van der Waals surface area contributed by atoms with Crippen LogP contribution in [-0.2, 0) is 0 Å². The number of carbonyl (C=O) groups excluding carboxylic acids is 1. The summed E-state index contributed by atoms with van der Waals surface area (Å²) < 4.78 is 13.9. The number of hydrogen-bond acceptors (Lipinski definition) is 3. The van der Waals surface area contributed by atoms with E-state index in [0.717, 1.165) is 16.3 Å². The van der Waals surface area contributed by atoms with Gasteiger partial charge in [0, 0.05) is 41.3 Å². The fraction of sp³-hybridized carbons (Fsp3) is 0.273. The standard InChI is InChI=1S/C22H24FN3O/c1-5-26(6-2)22(27)17-13-24-21(16-10-7-9-14(3)20(16)17)25-19-12-8-11-18(23)15(19)4/h7-13H,5-6H2,1-4H3,(H,24,25). The highest BCUT2D eigenvalue weighted by atomic mass is 19.1. The van der Waals surface area contributed by atoms with E-state index in [2.05, 4.69) is 10.3 Å². The number of halogens is 1. The van der Waals surface area contributed by atoms with Crippen molar-refractivity contribution >= 4 is 28.2 Å². The van der Waals surface area contributed by atoms with Crippen LogP contribution in [0.15, 0.2) is 42.6 Å². The van der Waals surface area contributed by atoms with Gasteiger partial charge in [-0.2, -0.15) is 0 Å². The minimum atomic E-state index is -0.270. The molecular formula is C22H24FN3O. The van der Waals surface area contributed by atoms with E-state index in [1.807, 2.05) is 45.0 Å². The van der Waals surface area contributed by atoms with Crippen molar-refractivity contribution in [2.75, 3.05) is 18.4 Å². The predicted octanol–water partition coefficient (Wildman–Crippen LogP) is 5.22. The molecule has 5 heteroatoms. The topological polar surface area (TPSA) is 45.2 Å². The van der Waals surface area contributed by atoms with Gasteiger partial charge in [0.25, 0.3) is 5.91 Å². The Kier molecular flexibility index (Phi) is 5.40. The minimum Gasteiger partial charge on any atom is -0.339 e. The van der Waals surface area contributed by atoms with E-state index >= 15 is 0 Å². The van der Waals surface area contributed by atoms with Crippen LogP contribution >= 0.6 is 0 Å². The van der Waals surface area contributed by atoms with Crippen LogP contribution in [0.25, 0.3) is 10.8 Å². The van der Waals surface area contributed by atoms with E-state index in [1.165, 1.54) is 6.07 Å². The Morgan fingerprint density at radius 2 is 1.81 bits per heavy atom. The van der Waals surface area contributed by atoms with Crippen LogP contribution in [0, 0.1) is 19.7 Å². The van der Waals surface area contributed by atoms with Gasteiger partial charge in [0.2, 0.25) is 0 Å². The first kappa shape index (κ1) is 18.8. The van der Waals surface area contributed by atoms with Crippen LogP contribution in [0.3, 0.4) is 0 Å². The summed E-state index contributed by atoms with van der Waals surface area (Å²) in [6, 6.07) is 10.8. The molecule has 3 rings (SSSR count). The molecule has 0 unspecified atom stereocenters. The zero-order chi connectivity index (χ0) is 19.6. The predicted molar refractivity (Wildman–Crippen MR) is 108 cm³/mol. The van der Waals surface area contributed by atoms with E-state index < -0.39 is 0 Å². The fourth-order valence-electron chi connectivity index (χ4n) is 3.30. The normalized spacial score (nSPS) is 10.9. The largest absolute Gasteiger partial charge is 0.339 e. The Morgan fingerprint density at radius 3 is 2.52 bits per heavy atom. The molecule has 27 heavy (non-hydrogen) atoms. The second-order valence-corrected chi connectivity index (χ2v) is 6.53. The molecular weight excluding hydrogens is 341 g/mol. The van der Waals surface area contributed by atoms with Gasteiger partial charge in [0.15, 0.2) is 0 Å². The summed E-state index contributed by atoms with van der Waals surface area (Å²) >= 11 is 0. The summed E-state index contributed by atoms with van der Waals surface area (Å²) in [5, 5.41) is 4.95. The van der Waals surface area contributed by atoms with Crippen LogP contribution in [0.2, 0.25) is 0 Å². The number of pyridine rings is 1. The van der Waals surface area contributed by atoms with Crippen LogP contribution < -0.4 is 5.32 Å². The lowest BCUT2D eigenvalue weighted by molar-refractivity contribution is 0.0774. The molecule has 0 aliphatic carbocycles. The van der Waals surface area contributed by atoms with E-state index in [-0.39, 0.29) is 11.7 Å². The molecule has 1 aromatic heterocycles. The van der Waals surface area contributed by atoms with Gasteiger partial charge in [-0.1, -0.05) is 24.3 Å². The molecule has 0 fully saturated rings. The van der Waals surface area contributed by atoms with Crippen LogP contribution in [-0.4, -0.2) is 28.9 Å². The third-order valence-corrected chi connectivity index (χ3v) is 4.92. The van der Waals surface area contributed by atoms with Gasteiger partial charge in [-0.25, -0.2) is 9.37 Å². The zero-order valence-electron chi connectivity index (χ0n) is 16.1. The van der Waals surface area contributed by atoms with Gasteiger partial charge in [-0.3, -0.25) is 4.79 Å². The summed E-state index contributed by atoms with van der Waals surface area (Å²) in [7, 11) is 0. The molecule has 0 spiro atoms. The third-order valence-electron chi connectivity index (χ3n) is 4.92. The number of rotatable bonds is 5. The molecule has 1 N–H and O–H groups in total. The van der Waals surface area contributed by atoms with Crippen molar-refractivity contribution in [2.24, 2.45) is 0 Å². The Morgan fingerprint density at radius 1 is 1.11 bits per heavy atom. The van der Waals surface area contributed by atoms with Crippen molar-refractivity contribution < 1.29 is 9.18 Å². The Bertz CT molecular complexity index is 996. The van der Waals surface area contributed by atoms with Gasteiger partial charge in [0.05, 0.1) is 5.56 Å². The Labute approximate surface area is 159 Å². The molecule has 140 valence electrons. The van der Waals surface area contributed by atoms with E-state index in [4.69, 9.17) is 0 Å². The van der Waals surface area contributed by atoms with Gasteiger partial charge in [0.1, 0.15) is 11.6 Å². The van der Waals surface area contributed by atoms with Crippen molar-refractivity contribution in [3.8, 4) is 0 Å². The quantitative estimate of drug-likeness (QED) is 0.674. The number of nitrogens with one attached hydrogen (secondary N) is 1. The first-order valence-corrected chi connectivity index (χ1v) is 9.17. The third kappa shape index (κ3) is 3.50. The highest BCUT2D eigenvalue weighted by Crippen LogP contribution is 2.31. The van der Waals surface area contributed by atoms with E-state index in [9.17, 15) is 9.18 Å². The van der Waals surface area contributed by atoms with E-state index in [1.54, 1.807) is 24.1 Å². The van der Waals surface area contributed by atoms with Gasteiger partial charge >= 0.3 is 0 Å². The molecule has 2 aromatic carbocycles. The van der Waals surface area contributed by atoms with Crippen molar-refractivity contribution in [1.82, 2.24) is 9.88 Å². The highest BCUT2D eigenvalue weighted by molar-refractivity contribution is 6.10. The molecule has 4 nitrogen and oxygen atoms in total. The Hall–Kier alpha value is -2.95. The molecule has 3 aromatic rings. The summed E-state index contributed by atoms with van der Waals surface area (Å²) in [6.45, 7) is 8.93. The average molecular weight is 365 g/mol. The molecule has 0 saturated heterocycles. The molecule has 0 aliphatic heterocycles. The van der Waals surface area contributed by atoms with Crippen LogP contribution in [0.4, 0.5) is 15.9 Å². The fourth-order valence-corrected chi connectivity index (χ4v) is 3.30. The first-order chi connectivity index (χ1) is 13.0. The average Bonchev–Trinajstić information content (AvgIpc) is 2.67. The smallest absolute Gasteiger partial charge is 0.256 e. The van der Waals surface area contributed by atoms with Crippen molar-refractivity contribution in [1.29, 1.82) is 0 Å². The maximum Gasteiger partial charge on any atom is 0.256 e. The summed E-state index contributed by atoms with van der Waals surface area (Å²) in [5.74, 6) is 0.313. The van der Waals surface area contributed by atoms with E-state index in [0.29, 0.717) is 35.7 Å². The number of amides is 1. The minimum absolute atomic E-state index is 0.0275. The highest BCUT2D eigenvalue weighted by Gasteiger charge is 2.19. The molecule has 0 atom stereocenters. The lowest BCUT2D eigenvalue weighted by atomic mass is 10.0. The molecule has 0 radical (unpaired) electrons. The molecule has 1 heterocycles. The molecule has 0 bridgehead atoms. The van der Waals surface area contributed by atoms with Gasteiger partial charge < -0.3 is 10.2 Å². The summed E-state index contributed by atoms with van der Waals surface area (Å²) in [5.41, 5.74) is 2.79. The maximum absolute atomic E-state index is 13.9. The van der Waals surface area contributed by atoms with Crippen molar-refractivity contribution in [3.63, 3.8) is 0 Å². The summed E-state index contributed by atoms with van der Waals surface area (Å²) in [6.07, 6.45) is 1.62. The first-order valence-electron chi connectivity index (χ1n) is 9.17. The van der Waals surface area contributed by atoms with Crippen LogP contribution in [0.5, 0.6) is 0 Å².